The molecule has 0 amide bonds. The first-order valence-corrected chi connectivity index (χ1v) is 10.8. The molecule has 1 saturated heterocycles. The van der Waals surface area contributed by atoms with Crippen molar-refractivity contribution < 1.29 is 8.42 Å². The molecular formula is C16H28N2O2S2. The molecule has 6 heteroatoms. The van der Waals surface area contributed by atoms with E-state index in [1.54, 1.807) is 0 Å². The molecular weight excluding hydrogens is 316 g/mol. The fourth-order valence-electron chi connectivity index (χ4n) is 2.97. The van der Waals surface area contributed by atoms with Crippen molar-refractivity contribution in [1.82, 2.24) is 9.62 Å². The molecule has 1 aliphatic heterocycles. The lowest BCUT2D eigenvalue weighted by atomic mass is 10.1. The van der Waals surface area contributed by atoms with E-state index < -0.39 is 10.0 Å². The van der Waals surface area contributed by atoms with Gasteiger partial charge in [-0.05, 0) is 50.3 Å². The standard InChI is InChI=1S/C16H28N2O2S2/c1-13(2)11-15-6-7-16(21-15)12-18-9-4-5-14(8-10-18)17-22(3,19)20/h6-7,13-14,17H,4-5,8-12H2,1-3H3/t14-/m1/s1. The van der Waals surface area contributed by atoms with Gasteiger partial charge in [-0.3, -0.25) is 4.90 Å². The van der Waals surface area contributed by atoms with Crippen LogP contribution in [0.2, 0.25) is 0 Å². The summed E-state index contributed by atoms with van der Waals surface area (Å²) >= 11 is 1.92. The molecule has 1 atom stereocenters. The van der Waals surface area contributed by atoms with Gasteiger partial charge >= 0.3 is 0 Å². The van der Waals surface area contributed by atoms with E-state index in [0.29, 0.717) is 5.92 Å². The van der Waals surface area contributed by atoms with Gasteiger partial charge in [-0.25, -0.2) is 13.1 Å². The molecule has 126 valence electrons. The molecule has 1 aromatic rings. The zero-order valence-corrected chi connectivity index (χ0v) is 15.5. The largest absolute Gasteiger partial charge is 0.298 e. The Morgan fingerprint density at radius 2 is 2.00 bits per heavy atom. The van der Waals surface area contributed by atoms with Gasteiger partial charge in [-0.2, -0.15) is 0 Å². The van der Waals surface area contributed by atoms with Gasteiger partial charge in [-0.1, -0.05) is 13.8 Å². The summed E-state index contributed by atoms with van der Waals surface area (Å²) in [5.41, 5.74) is 0. The SMILES string of the molecule is CC(C)Cc1ccc(CN2CCC[C@@H](NS(C)(=O)=O)CC2)s1. The quantitative estimate of drug-likeness (QED) is 0.863. The van der Waals surface area contributed by atoms with E-state index >= 15 is 0 Å². The second-order valence-electron chi connectivity index (χ2n) is 6.76. The van der Waals surface area contributed by atoms with Crippen LogP contribution < -0.4 is 4.72 Å². The Labute approximate surface area is 139 Å². The van der Waals surface area contributed by atoms with Crippen LogP contribution in [0, 0.1) is 5.92 Å². The van der Waals surface area contributed by atoms with E-state index in [4.69, 9.17) is 0 Å². The van der Waals surface area contributed by atoms with Gasteiger partial charge in [0.15, 0.2) is 0 Å². The second kappa shape index (κ2) is 7.90. The summed E-state index contributed by atoms with van der Waals surface area (Å²) in [6, 6.07) is 4.60. The summed E-state index contributed by atoms with van der Waals surface area (Å²) in [6.07, 6.45) is 5.30. The highest BCUT2D eigenvalue weighted by Crippen LogP contribution is 2.22. The molecule has 0 unspecified atom stereocenters. The maximum absolute atomic E-state index is 11.4. The van der Waals surface area contributed by atoms with Crippen LogP contribution in [0.4, 0.5) is 0 Å². The fourth-order valence-corrected chi connectivity index (χ4v) is 5.09. The third kappa shape index (κ3) is 6.36. The first kappa shape index (κ1) is 17.9. The topological polar surface area (TPSA) is 49.4 Å². The third-order valence-electron chi connectivity index (χ3n) is 3.91. The molecule has 0 saturated carbocycles. The average molecular weight is 345 g/mol. The van der Waals surface area contributed by atoms with Crippen LogP contribution in [0.1, 0.15) is 42.9 Å². The van der Waals surface area contributed by atoms with Crippen LogP contribution in [0.25, 0.3) is 0 Å². The number of hydrogen-bond donors (Lipinski definition) is 1. The van der Waals surface area contributed by atoms with Crippen LogP contribution >= 0.6 is 11.3 Å². The van der Waals surface area contributed by atoms with Crippen molar-refractivity contribution in [2.45, 2.75) is 52.1 Å². The molecule has 0 spiro atoms. The molecule has 1 aliphatic rings. The van der Waals surface area contributed by atoms with Gasteiger partial charge in [0.05, 0.1) is 6.26 Å². The van der Waals surface area contributed by atoms with E-state index in [-0.39, 0.29) is 6.04 Å². The molecule has 1 fully saturated rings. The monoisotopic (exact) mass is 344 g/mol. The average Bonchev–Trinajstić information content (AvgIpc) is 2.68. The van der Waals surface area contributed by atoms with Gasteiger partial charge in [0.25, 0.3) is 0 Å². The van der Waals surface area contributed by atoms with Gasteiger partial charge in [0.1, 0.15) is 0 Å². The highest BCUT2D eigenvalue weighted by atomic mass is 32.2. The van der Waals surface area contributed by atoms with Gasteiger partial charge in [0, 0.05) is 28.9 Å². The Balaban J connectivity index is 1.85. The van der Waals surface area contributed by atoms with E-state index in [0.717, 1.165) is 45.3 Å². The maximum Gasteiger partial charge on any atom is 0.208 e. The smallest absolute Gasteiger partial charge is 0.208 e. The Morgan fingerprint density at radius 1 is 1.27 bits per heavy atom. The summed E-state index contributed by atoms with van der Waals surface area (Å²) < 4.78 is 25.5. The van der Waals surface area contributed by atoms with E-state index in [1.807, 2.05) is 11.3 Å². The van der Waals surface area contributed by atoms with Crippen molar-refractivity contribution in [3.05, 3.63) is 21.9 Å². The predicted molar refractivity (Wildman–Crippen MR) is 93.8 cm³/mol. The molecule has 2 rings (SSSR count). The van der Waals surface area contributed by atoms with Crippen molar-refractivity contribution in [2.24, 2.45) is 5.92 Å². The summed E-state index contributed by atoms with van der Waals surface area (Å²) in [6.45, 7) is 7.52. The highest BCUT2D eigenvalue weighted by molar-refractivity contribution is 7.88. The number of thiophene rings is 1. The van der Waals surface area contributed by atoms with Crippen LogP contribution in [0.15, 0.2) is 12.1 Å². The minimum absolute atomic E-state index is 0.0971. The molecule has 2 heterocycles. The molecule has 0 bridgehead atoms. The Kier molecular flexibility index (Phi) is 6.44. The predicted octanol–water partition coefficient (Wildman–Crippen LogP) is 2.85. The van der Waals surface area contributed by atoms with Crippen molar-refractivity contribution >= 4 is 21.4 Å². The van der Waals surface area contributed by atoms with Crippen molar-refractivity contribution in [2.75, 3.05) is 19.3 Å². The molecule has 1 N–H and O–H groups in total. The Hall–Kier alpha value is -0.430. The number of sulfonamides is 1. The normalized spacial score (nSPS) is 21.2. The molecule has 1 aromatic heterocycles. The van der Waals surface area contributed by atoms with Gasteiger partial charge in [-0.15, -0.1) is 11.3 Å². The highest BCUT2D eigenvalue weighted by Gasteiger charge is 2.20. The minimum atomic E-state index is -3.09. The summed E-state index contributed by atoms with van der Waals surface area (Å²) in [5.74, 6) is 0.701. The van der Waals surface area contributed by atoms with Crippen molar-refractivity contribution in [3.8, 4) is 0 Å². The van der Waals surface area contributed by atoms with E-state index in [9.17, 15) is 8.42 Å². The van der Waals surface area contributed by atoms with Crippen molar-refractivity contribution in [1.29, 1.82) is 0 Å². The molecule has 4 nitrogen and oxygen atoms in total. The third-order valence-corrected chi connectivity index (χ3v) is 5.76. The molecule has 0 aliphatic carbocycles. The number of nitrogens with zero attached hydrogens (tertiary/aromatic N) is 1. The summed E-state index contributed by atoms with van der Waals surface area (Å²) in [5, 5.41) is 0. The first-order valence-electron chi connectivity index (χ1n) is 8.09. The van der Waals surface area contributed by atoms with Crippen molar-refractivity contribution in [3.63, 3.8) is 0 Å². The Bertz CT molecular complexity index is 566. The lowest BCUT2D eigenvalue weighted by Crippen LogP contribution is -2.34. The number of rotatable bonds is 6. The van der Waals surface area contributed by atoms with Crippen LogP contribution in [0.3, 0.4) is 0 Å². The zero-order chi connectivity index (χ0) is 16.2. The van der Waals surface area contributed by atoms with Crippen LogP contribution in [-0.4, -0.2) is 38.7 Å². The number of hydrogen-bond acceptors (Lipinski definition) is 4. The second-order valence-corrected chi connectivity index (χ2v) is 9.79. The lowest BCUT2D eigenvalue weighted by Gasteiger charge is -2.19. The summed E-state index contributed by atoms with van der Waals surface area (Å²) in [4.78, 5) is 5.34. The molecule has 0 aromatic carbocycles. The fraction of sp³-hybridized carbons (Fsp3) is 0.750. The number of nitrogens with one attached hydrogen (secondary N) is 1. The first-order chi connectivity index (χ1) is 10.3. The lowest BCUT2D eigenvalue weighted by molar-refractivity contribution is 0.277. The van der Waals surface area contributed by atoms with Crippen LogP contribution in [0.5, 0.6) is 0 Å². The summed E-state index contributed by atoms with van der Waals surface area (Å²) in [7, 11) is -3.09. The minimum Gasteiger partial charge on any atom is -0.298 e. The maximum atomic E-state index is 11.4. The molecule has 0 radical (unpaired) electrons. The van der Waals surface area contributed by atoms with Gasteiger partial charge < -0.3 is 0 Å². The van der Waals surface area contributed by atoms with E-state index in [2.05, 4.69) is 35.6 Å². The van der Waals surface area contributed by atoms with Gasteiger partial charge in [0.2, 0.25) is 10.0 Å². The van der Waals surface area contributed by atoms with Crippen LogP contribution in [-0.2, 0) is 23.0 Å². The number of likely N-dealkylation sites (tertiary alicyclic amines) is 1. The Morgan fingerprint density at radius 3 is 2.68 bits per heavy atom. The molecule has 22 heavy (non-hydrogen) atoms. The zero-order valence-electron chi connectivity index (χ0n) is 13.8. The van der Waals surface area contributed by atoms with E-state index in [1.165, 1.54) is 16.0 Å².